The number of aryl methyl sites for hydroxylation is 2. The van der Waals surface area contributed by atoms with E-state index in [0.29, 0.717) is 58.0 Å². The van der Waals surface area contributed by atoms with Gasteiger partial charge < -0.3 is 25.2 Å². The lowest BCUT2D eigenvalue weighted by Crippen LogP contribution is -2.23. The summed E-state index contributed by atoms with van der Waals surface area (Å²) >= 11 is 0. The summed E-state index contributed by atoms with van der Waals surface area (Å²) in [5.74, 6) is 1.79. The molecule has 7 aromatic rings. The Kier molecular flexibility index (Phi) is 20.9. The lowest BCUT2D eigenvalue weighted by Gasteiger charge is -2.25. The van der Waals surface area contributed by atoms with Crippen molar-refractivity contribution in [2.24, 2.45) is 14.1 Å². The highest BCUT2D eigenvalue weighted by molar-refractivity contribution is 5.78. The predicted molar refractivity (Wildman–Crippen MR) is 296 cm³/mol. The van der Waals surface area contributed by atoms with E-state index in [-0.39, 0.29) is 60.7 Å². The van der Waals surface area contributed by atoms with E-state index in [4.69, 9.17) is 24.7 Å². The first-order chi connectivity index (χ1) is 37.1. The van der Waals surface area contributed by atoms with Crippen LogP contribution >= 0.6 is 0 Å². The van der Waals surface area contributed by atoms with Crippen LogP contribution in [0.1, 0.15) is 107 Å². The number of aliphatic hydroxyl groups excluding tert-OH is 4. The molecule has 4 aromatic heterocycles. The van der Waals surface area contributed by atoms with Crippen LogP contribution in [0.3, 0.4) is 0 Å². The second kappa shape index (κ2) is 27.4. The van der Waals surface area contributed by atoms with Crippen molar-refractivity contribution in [3.8, 4) is 28.3 Å². The second-order valence-corrected chi connectivity index (χ2v) is 19.6. The maximum absolute atomic E-state index is 14.0. The Labute approximate surface area is 453 Å². The minimum absolute atomic E-state index is 0.00798. The molecular formula is C58H69F2N11O7. The Morgan fingerprint density at radius 2 is 1.13 bits per heavy atom. The molecule has 0 amide bonds. The first-order valence-electron chi connectivity index (χ1n) is 25.5. The van der Waals surface area contributed by atoms with Gasteiger partial charge in [-0.05, 0) is 91.9 Å². The molecule has 0 aliphatic carbocycles. The fourth-order valence-corrected chi connectivity index (χ4v) is 8.53. The number of ether oxygens (including phenoxy) is 1. The molecule has 0 spiro atoms. The van der Waals surface area contributed by atoms with E-state index >= 15 is 0 Å². The molecule has 0 bridgehead atoms. The number of hydrogen-bond acceptors (Lipinski definition) is 16. The topological polar surface area (TPSA) is 231 Å². The first-order valence-corrected chi connectivity index (χ1v) is 25.5. The molecule has 412 valence electrons. The van der Waals surface area contributed by atoms with Gasteiger partial charge in [-0.25, -0.2) is 33.4 Å². The first kappa shape index (κ1) is 59.3. The summed E-state index contributed by atoms with van der Waals surface area (Å²) in [4.78, 5) is 50.2. The van der Waals surface area contributed by atoms with Crippen LogP contribution in [0.5, 0.6) is 5.75 Å². The average molecular weight is 1070 g/mol. The number of carbonyl (C=O) groups excluding carboxylic acids is 2. The summed E-state index contributed by atoms with van der Waals surface area (Å²) in [6.45, 7) is 11.3. The van der Waals surface area contributed by atoms with Crippen molar-refractivity contribution in [1.82, 2.24) is 44.5 Å². The van der Waals surface area contributed by atoms with Gasteiger partial charge in [0.1, 0.15) is 41.1 Å². The van der Waals surface area contributed by atoms with Crippen LogP contribution in [0.25, 0.3) is 34.7 Å². The van der Waals surface area contributed by atoms with Crippen molar-refractivity contribution < 1.29 is 43.5 Å². The van der Waals surface area contributed by atoms with Crippen molar-refractivity contribution in [3.05, 3.63) is 143 Å². The van der Waals surface area contributed by atoms with E-state index in [1.54, 1.807) is 90.2 Å². The van der Waals surface area contributed by atoms with Gasteiger partial charge in [-0.2, -0.15) is 15.2 Å². The van der Waals surface area contributed by atoms with Crippen LogP contribution in [0, 0.1) is 11.6 Å². The molecule has 0 saturated carbocycles. The number of anilines is 4. The minimum Gasteiger partial charge on any atom is -0.497 e. The second-order valence-electron chi connectivity index (χ2n) is 19.6. The zero-order chi connectivity index (χ0) is 56.8. The number of nitrogens with zero attached hydrogens (tertiary/aromatic N) is 11. The molecule has 20 heteroatoms. The highest BCUT2D eigenvalue weighted by atomic mass is 19.1. The normalized spacial score (nSPS) is 13.2. The van der Waals surface area contributed by atoms with Gasteiger partial charge in [0, 0.05) is 75.1 Å². The monoisotopic (exact) mass is 1070 g/mol. The van der Waals surface area contributed by atoms with Crippen molar-refractivity contribution in [2.75, 3.05) is 24.0 Å². The number of hydrogen-bond donors (Lipinski definition) is 4. The molecule has 0 fully saturated rings. The summed E-state index contributed by atoms with van der Waals surface area (Å²) in [5.41, 5.74) is 6.23. The number of aliphatic hydroxyl groups is 4. The van der Waals surface area contributed by atoms with Gasteiger partial charge >= 0.3 is 0 Å². The van der Waals surface area contributed by atoms with E-state index < -0.39 is 24.4 Å². The Morgan fingerprint density at radius 1 is 0.654 bits per heavy atom. The predicted octanol–water partition coefficient (Wildman–Crippen LogP) is 9.00. The Balaban J connectivity index is 0.000000258. The van der Waals surface area contributed by atoms with E-state index in [9.17, 15) is 38.8 Å². The third-order valence-electron chi connectivity index (χ3n) is 12.4. The maximum Gasteiger partial charge on any atom is 0.232 e. The Hall–Kier alpha value is -7.91. The molecule has 0 aliphatic heterocycles. The summed E-state index contributed by atoms with van der Waals surface area (Å²) in [5, 5.41) is 49.7. The molecule has 0 unspecified atom stereocenters. The van der Waals surface area contributed by atoms with Crippen molar-refractivity contribution in [2.45, 2.75) is 110 Å². The molecule has 4 N–H and O–H groups in total. The molecule has 7 rings (SSSR count). The van der Waals surface area contributed by atoms with E-state index in [1.807, 2.05) is 70.0 Å². The van der Waals surface area contributed by atoms with E-state index in [2.05, 4.69) is 15.2 Å². The quantitative estimate of drug-likeness (QED) is 0.0468. The van der Waals surface area contributed by atoms with Crippen LogP contribution in [0.15, 0.2) is 104 Å². The standard InChI is InChI=1S/C33H38FN5O4.C25H31FN6O3/c1-21(2)31-29(15-12-26(41)19-27(42)18-22(3)40)32(24-8-10-25(34)11-9-24)37-33(36-31)39(30-16-17-35-38(30)4)20-23-6-13-28(43-5)14-7-23;1-15(2)22-21(11-10-19(34)13-20(35)12-16(3)33)23(17-6-8-18(26)9-7-17)30-24(29-22)31(4)25-27-14-28-32(25)5/h6-17,21,26-27,41-42H,18-20H2,1-5H3;6-11,14-15,19-20,34-35H,12-13H2,1-5H3/b15-12+;11-10+/t26-,27+;19-,20+/m11/s1. The number of methoxy groups -OCH3 is 1. The van der Waals surface area contributed by atoms with Crippen LogP contribution in [0.2, 0.25) is 0 Å². The maximum atomic E-state index is 14.0. The molecule has 0 aliphatic rings. The van der Waals surface area contributed by atoms with Gasteiger partial charge in [0.15, 0.2) is 0 Å². The largest absolute Gasteiger partial charge is 0.497 e. The summed E-state index contributed by atoms with van der Waals surface area (Å²) in [7, 11) is 7.02. The number of Topliss-reactive ketones (excluding diaryl/α,β-unsaturated/α-hetero) is 2. The van der Waals surface area contributed by atoms with Crippen LogP contribution < -0.4 is 14.5 Å². The molecule has 3 aromatic carbocycles. The summed E-state index contributed by atoms with van der Waals surface area (Å²) < 4.78 is 36.3. The molecule has 0 saturated heterocycles. The Morgan fingerprint density at radius 3 is 1.54 bits per heavy atom. The van der Waals surface area contributed by atoms with Crippen molar-refractivity contribution >= 4 is 47.4 Å². The van der Waals surface area contributed by atoms with Crippen molar-refractivity contribution in [1.29, 1.82) is 0 Å². The number of rotatable bonds is 23. The number of benzene rings is 3. The zero-order valence-electron chi connectivity index (χ0n) is 45.7. The van der Waals surface area contributed by atoms with E-state index in [0.717, 1.165) is 28.5 Å². The number of ketones is 2. The molecule has 78 heavy (non-hydrogen) atoms. The number of halogens is 2. The van der Waals surface area contributed by atoms with Crippen LogP contribution in [-0.4, -0.2) is 115 Å². The molecule has 4 heterocycles. The number of aromatic nitrogens is 9. The van der Waals surface area contributed by atoms with Gasteiger partial charge in [0.25, 0.3) is 0 Å². The highest BCUT2D eigenvalue weighted by Crippen LogP contribution is 2.36. The van der Waals surface area contributed by atoms with Gasteiger partial charge in [-0.3, -0.25) is 24.1 Å². The van der Waals surface area contributed by atoms with Gasteiger partial charge in [0.05, 0.1) is 67.0 Å². The SMILES string of the molecule is CC(=O)C[C@H](O)C[C@H](O)/C=C/c1c(-c2ccc(F)cc2)nc(N(C)c2ncnn2C)nc1C(C)C.COc1ccc(CN(c2nc(-c3ccc(F)cc3)c(/C=C/[C@@H](O)C[C@@H](O)CC(C)=O)c(C(C)C)n2)c2ccnn2C)cc1. The summed E-state index contributed by atoms with van der Waals surface area (Å²) in [6.07, 6.45) is 5.82. The molecule has 0 radical (unpaired) electrons. The lowest BCUT2D eigenvalue weighted by molar-refractivity contribution is -0.120. The van der Waals surface area contributed by atoms with Crippen LogP contribution in [0.4, 0.5) is 32.4 Å². The van der Waals surface area contributed by atoms with Gasteiger partial charge in [-0.1, -0.05) is 64.1 Å². The molecule has 4 atom stereocenters. The molecule has 18 nitrogen and oxygen atoms in total. The van der Waals surface area contributed by atoms with Crippen LogP contribution in [-0.2, 0) is 30.2 Å². The average Bonchev–Trinajstić information content (AvgIpc) is 4.03. The fraction of sp³-hybridized carbons (Fsp3) is 0.362. The van der Waals surface area contributed by atoms with Gasteiger partial charge in [0.2, 0.25) is 17.8 Å². The lowest BCUT2D eigenvalue weighted by atomic mass is 9.97. The van der Waals surface area contributed by atoms with E-state index in [1.165, 1.54) is 44.4 Å². The molecular weight excluding hydrogens is 1000 g/mol. The highest BCUT2D eigenvalue weighted by Gasteiger charge is 2.25. The fourth-order valence-electron chi connectivity index (χ4n) is 8.53. The summed E-state index contributed by atoms with van der Waals surface area (Å²) in [6, 6.07) is 21.7. The smallest absolute Gasteiger partial charge is 0.232 e. The third kappa shape index (κ3) is 16.1. The minimum atomic E-state index is -1.00. The third-order valence-corrected chi connectivity index (χ3v) is 12.4. The van der Waals surface area contributed by atoms with Gasteiger partial charge in [-0.15, -0.1) is 0 Å². The van der Waals surface area contributed by atoms with Crippen molar-refractivity contribution in [3.63, 3.8) is 0 Å². The number of carbonyl (C=O) groups is 2. The Bertz CT molecular complexity index is 3160. The zero-order valence-corrected chi connectivity index (χ0v) is 45.7.